The van der Waals surface area contributed by atoms with Crippen LogP contribution in [0.2, 0.25) is 0 Å². The van der Waals surface area contributed by atoms with Crippen molar-refractivity contribution >= 4 is 5.84 Å². The Kier molecular flexibility index (Phi) is 4.81. The predicted octanol–water partition coefficient (Wildman–Crippen LogP) is 1.85. The van der Waals surface area contributed by atoms with Gasteiger partial charge >= 0.3 is 0 Å². The van der Waals surface area contributed by atoms with Crippen LogP contribution in [0.25, 0.3) is 0 Å². The average molecular weight is 288 g/mol. The van der Waals surface area contributed by atoms with Gasteiger partial charge in [0.1, 0.15) is 18.2 Å². The van der Waals surface area contributed by atoms with Gasteiger partial charge in [0, 0.05) is 13.5 Å². The zero-order valence-electron chi connectivity index (χ0n) is 12.3. The first kappa shape index (κ1) is 14.9. The molecule has 3 N–H and O–H groups in total. The molecule has 0 bridgehead atoms. The normalized spacial score (nSPS) is 11.6. The van der Waals surface area contributed by atoms with Crippen LogP contribution in [0.1, 0.15) is 23.9 Å². The van der Waals surface area contributed by atoms with E-state index in [-0.39, 0.29) is 5.84 Å². The molecule has 1 heterocycles. The highest BCUT2D eigenvalue weighted by Gasteiger charge is 2.05. The van der Waals surface area contributed by atoms with Crippen LogP contribution in [0.3, 0.4) is 0 Å². The number of amidine groups is 1. The number of ether oxygens (including phenoxy) is 1. The van der Waals surface area contributed by atoms with Crippen LogP contribution in [-0.4, -0.2) is 20.8 Å². The maximum atomic E-state index is 8.54. The lowest BCUT2D eigenvalue weighted by molar-refractivity contribution is 0.295. The molecule has 0 radical (unpaired) electrons. The predicted molar refractivity (Wildman–Crippen MR) is 80.5 cm³/mol. The summed E-state index contributed by atoms with van der Waals surface area (Å²) in [6, 6.07) is 9.59. The third-order valence-corrected chi connectivity index (χ3v) is 3.21. The van der Waals surface area contributed by atoms with E-state index < -0.39 is 0 Å². The third kappa shape index (κ3) is 3.98. The Bertz CT molecular complexity index is 617. The summed E-state index contributed by atoms with van der Waals surface area (Å²) in [5, 5.41) is 15.9. The minimum atomic E-state index is 0.186. The van der Waals surface area contributed by atoms with E-state index >= 15 is 0 Å². The maximum absolute atomic E-state index is 8.54. The Morgan fingerprint density at radius 1 is 1.38 bits per heavy atom. The lowest BCUT2D eigenvalue weighted by atomic mass is 10.1. The van der Waals surface area contributed by atoms with Gasteiger partial charge in [-0.15, -0.1) is 0 Å². The Morgan fingerprint density at radius 3 is 2.67 bits per heavy atom. The largest absolute Gasteiger partial charge is 0.487 e. The van der Waals surface area contributed by atoms with Crippen molar-refractivity contribution in [3.05, 3.63) is 47.3 Å². The van der Waals surface area contributed by atoms with Gasteiger partial charge in [-0.25, -0.2) is 0 Å². The molecular formula is C15H20N4O2. The van der Waals surface area contributed by atoms with Gasteiger partial charge in [0.25, 0.3) is 0 Å². The summed E-state index contributed by atoms with van der Waals surface area (Å²) in [4.78, 5) is 0. The molecular weight excluding hydrogens is 268 g/mol. The number of rotatable bonds is 6. The molecule has 0 atom stereocenters. The van der Waals surface area contributed by atoms with Gasteiger partial charge in [-0.1, -0.05) is 24.2 Å². The summed E-state index contributed by atoms with van der Waals surface area (Å²) in [7, 11) is 1.91. The Morgan fingerprint density at radius 2 is 2.10 bits per heavy atom. The molecule has 112 valence electrons. The van der Waals surface area contributed by atoms with Gasteiger partial charge in [-0.3, -0.25) is 4.68 Å². The van der Waals surface area contributed by atoms with E-state index in [1.54, 1.807) is 0 Å². The minimum Gasteiger partial charge on any atom is -0.487 e. The fraction of sp³-hybridized carbons (Fsp3) is 0.333. The van der Waals surface area contributed by atoms with Crippen molar-refractivity contribution in [1.82, 2.24) is 9.78 Å². The summed E-state index contributed by atoms with van der Waals surface area (Å²) < 4.78 is 7.58. The van der Waals surface area contributed by atoms with Crippen molar-refractivity contribution < 1.29 is 9.94 Å². The minimum absolute atomic E-state index is 0.186. The van der Waals surface area contributed by atoms with Crippen LogP contribution in [0.5, 0.6) is 5.75 Å². The summed E-state index contributed by atoms with van der Waals surface area (Å²) >= 11 is 0. The van der Waals surface area contributed by atoms with Crippen molar-refractivity contribution in [2.75, 3.05) is 0 Å². The van der Waals surface area contributed by atoms with E-state index in [0.29, 0.717) is 13.0 Å². The van der Waals surface area contributed by atoms with Crippen LogP contribution < -0.4 is 10.5 Å². The highest BCUT2D eigenvalue weighted by molar-refractivity contribution is 5.82. The number of benzene rings is 1. The topological polar surface area (TPSA) is 85.7 Å². The second-order valence-electron chi connectivity index (χ2n) is 4.80. The van der Waals surface area contributed by atoms with Gasteiger partial charge in [0.2, 0.25) is 0 Å². The van der Waals surface area contributed by atoms with E-state index in [2.05, 4.69) is 17.2 Å². The molecule has 1 aromatic heterocycles. The number of oxime groups is 1. The van der Waals surface area contributed by atoms with Crippen molar-refractivity contribution in [2.24, 2.45) is 17.9 Å². The molecule has 0 saturated carbocycles. The van der Waals surface area contributed by atoms with Crippen molar-refractivity contribution in [2.45, 2.75) is 26.4 Å². The summed E-state index contributed by atoms with van der Waals surface area (Å²) in [6.45, 7) is 2.55. The van der Waals surface area contributed by atoms with Gasteiger partial charge < -0.3 is 15.7 Å². The Labute approximate surface area is 123 Å². The van der Waals surface area contributed by atoms with Crippen LogP contribution in [0.4, 0.5) is 0 Å². The molecule has 1 aromatic carbocycles. The molecule has 0 fully saturated rings. The summed E-state index contributed by atoms with van der Waals surface area (Å²) in [5.41, 5.74) is 8.53. The monoisotopic (exact) mass is 288 g/mol. The molecule has 21 heavy (non-hydrogen) atoms. The number of hydrogen-bond acceptors (Lipinski definition) is 4. The molecule has 6 heteroatoms. The van der Waals surface area contributed by atoms with Gasteiger partial charge in [0.15, 0.2) is 0 Å². The number of aromatic nitrogens is 2. The van der Waals surface area contributed by atoms with Crippen LogP contribution in [0, 0.1) is 0 Å². The van der Waals surface area contributed by atoms with Crippen molar-refractivity contribution in [3.63, 3.8) is 0 Å². The fourth-order valence-corrected chi connectivity index (χ4v) is 1.98. The molecule has 0 spiro atoms. The zero-order chi connectivity index (χ0) is 15.2. The lowest BCUT2D eigenvalue weighted by Crippen LogP contribution is -2.14. The van der Waals surface area contributed by atoms with Crippen molar-refractivity contribution in [1.29, 1.82) is 0 Å². The smallest absolute Gasteiger partial charge is 0.143 e. The number of hydrogen-bond donors (Lipinski definition) is 2. The third-order valence-electron chi connectivity index (χ3n) is 3.21. The van der Waals surface area contributed by atoms with Crippen molar-refractivity contribution in [3.8, 4) is 5.75 Å². The van der Waals surface area contributed by atoms with Gasteiger partial charge in [-0.05, 0) is 30.2 Å². The molecule has 0 saturated heterocycles. The molecule has 0 aliphatic rings. The zero-order valence-corrected chi connectivity index (χ0v) is 12.3. The summed E-state index contributed by atoms with van der Waals surface area (Å²) in [6.07, 6.45) is 1.33. The number of nitrogens with two attached hydrogens (primary N) is 1. The molecule has 2 rings (SSSR count). The Balaban J connectivity index is 1.95. The number of aryl methyl sites for hydroxylation is 2. The van der Waals surface area contributed by atoms with E-state index in [4.69, 9.17) is 15.7 Å². The standard InChI is InChI=1S/C15H20N4O2/c1-3-12-9-13(19(2)17-12)10-21-14-6-4-11(5-7-14)8-15(16)18-20/h4-7,9,20H,3,8,10H2,1-2H3,(H2,16,18). The molecule has 6 nitrogen and oxygen atoms in total. The van der Waals surface area contributed by atoms with Crippen LogP contribution >= 0.6 is 0 Å². The molecule has 0 unspecified atom stereocenters. The van der Waals surface area contributed by atoms with Gasteiger partial charge in [0.05, 0.1) is 11.4 Å². The first-order valence-corrected chi connectivity index (χ1v) is 6.82. The molecule has 2 aromatic rings. The van der Waals surface area contributed by atoms with E-state index in [1.165, 1.54) is 0 Å². The number of nitrogens with zero attached hydrogens (tertiary/aromatic N) is 3. The van der Waals surface area contributed by atoms with Crippen LogP contribution in [-0.2, 0) is 26.5 Å². The molecule has 0 aliphatic heterocycles. The van der Waals surface area contributed by atoms with Crippen LogP contribution in [0.15, 0.2) is 35.5 Å². The first-order chi connectivity index (χ1) is 10.1. The molecule has 0 amide bonds. The highest BCUT2D eigenvalue weighted by Crippen LogP contribution is 2.15. The summed E-state index contributed by atoms with van der Waals surface area (Å²) in [5.74, 6) is 0.961. The Hall–Kier alpha value is -2.50. The highest BCUT2D eigenvalue weighted by atomic mass is 16.5. The first-order valence-electron chi connectivity index (χ1n) is 6.82. The van der Waals surface area contributed by atoms with E-state index in [9.17, 15) is 0 Å². The lowest BCUT2D eigenvalue weighted by Gasteiger charge is -2.07. The van der Waals surface area contributed by atoms with Gasteiger partial charge in [-0.2, -0.15) is 5.10 Å². The fourth-order valence-electron chi connectivity index (χ4n) is 1.98. The average Bonchev–Trinajstić information content (AvgIpc) is 2.87. The second-order valence-corrected chi connectivity index (χ2v) is 4.80. The van der Waals surface area contributed by atoms with E-state index in [1.807, 2.05) is 42.1 Å². The van der Waals surface area contributed by atoms with E-state index in [0.717, 1.165) is 29.1 Å². The second kappa shape index (κ2) is 6.78. The maximum Gasteiger partial charge on any atom is 0.143 e. The quantitative estimate of drug-likeness (QED) is 0.367. The molecule has 0 aliphatic carbocycles. The SMILES string of the molecule is CCc1cc(COc2ccc(CC(N)=NO)cc2)n(C)n1.